The maximum absolute atomic E-state index is 12.3. The molecule has 0 aliphatic heterocycles. The van der Waals surface area contributed by atoms with E-state index in [4.69, 9.17) is 0 Å². The SMILES string of the molecule is CN(C)c1ccc(NC(=O)c2ccc3c(c2)CCC3)cn1. The third-order valence-corrected chi connectivity index (χ3v) is 3.82. The molecule has 0 radical (unpaired) electrons. The van der Waals surface area contributed by atoms with Crippen LogP contribution in [0.2, 0.25) is 0 Å². The zero-order chi connectivity index (χ0) is 14.8. The minimum absolute atomic E-state index is 0.0795. The van der Waals surface area contributed by atoms with E-state index in [0.29, 0.717) is 11.3 Å². The zero-order valence-corrected chi connectivity index (χ0v) is 12.4. The van der Waals surface area contributed by atoms with Crippen molar-refractivity contribution >= 4 is 17.4 Å². The number of nitrogens with one attached hydrogen (secondary N) is 1. The monoisotopic (exact) mass is 281 g/mol. The van der Waals surface area contributed by atoms with Gasteiger partial charge in [0, 0.05) is 19.7 Å². The van der Waals surface area contributed by atoms with Crippen LogP contribution in [0.15, 0.2) is 36.5 Å². The molecule has 4 heteroatoms. The summed E-state index contributed by atoms with van der Waals surface area (Å²) in [6.45, 7) is 0. The lowest BCUT2D eigenvalue weighted by Crippen LogP contribution is -2.14. The van der Waals surface area contributed by atoms with Crippen molar-refractivity contribution in [2.45, 2.75) is 19.3 Å². The number of anilines is 2. The van der Waals surface area contributed by atoms with Gasteiger partial charge in [-0.15, -0.1) is 0 Å². The third-order valence-electron chi connectivity index (χ3n) is 3.82. The number of carbonyl (C=O) groups excluding carboxylic acids is 1. The molecule has 0 bridgehead atoms. The Morgan fingerprint density at radius 2 is 1.95 bits per heavy atom. The Bertz CT molecular complexity index is 662. The minimum atomic E-state index is -0.0795. The van der Waals surface area contributed by atoms with Gasteiger partial charge in [-0.1, -0.05) is 6.07 Å². The average Bonchev–Trinajstić information content (AvgIpc) is 2.95. The Balaban J connectivity index is 1.74. The molecule has 0 saturated carbocycles. The highest BCUT2D eigenvalue weighted by Gasteiger charge is 2.14. The number of nitrogens with zero attached hydrogens (tertiary/aromatic N) is 2. The molecule has 1 heterocycles. The predicted molar refractivity (Wildman–Crippen MR) is 85.0 cm³/mol. The second-order valence-corrected chi connectivity index (χ2v) is 5.59. The molecule has 0 unspecified atom stereocenters. The first-order valence-electron chi connectivity index (χ1n) is 7.20. The Labute approximate surface area is 124 Å². The molecule has 1 amide bonds. The molecule has 21 heavy (non-hydrogen) atoms. The van der Waals surface area contributed by atoms with Crippen molar-refractivity contribution < 1.29 is 4.79 Å². The van der Waals surface area contributed by atoms with Gasteiger partial charge in [0.15, 0.2) is 0 Å². The lowest BCUT2D eigenvalue weighted by molar-refractivity contribution is 0.102. The van der Waals surface area contributed by atoms with Crippen molar-refractivity contribution in [1.82, 2.24) is 4.98 Å². The van der Waals surface area contributed by atoms with Crippen LogP contribution >= 0.6 is 0 Å². The van der Waals surface area contributed by atoms with Gasteiger partial charge in [-0.05, 0) is 54.7 Å². The lowest BCUT2D eigenvalue weighted by Gasteiger charge is -2.12. The Morgan fingerprint density at radius 3 is 2.67 bits per heavy atom. The van der Waals surface area contributed by atoms with Crippen molar-refractivity contribution in [2.75, 3.05) is 24.3 Å². The van der Waals surface area contributed by atoms with Crippen LogP contribution in [-0.2, 0) is 12.8 Å². The van der Waals surface area contributed by atoms with Crippen LogP contribution in [-0.4, -0.2) is 25.0 Å². The van der Waals surface area contributed by atoms with Crippen molar-refractivity contribution in [2.24, 2.45) is 0 Å². The lowest BCUT2D eigenvalue weighted by atomic mass is 10.1. The molecule has 4 nitrogen and oxygen atoms in total. The van der Waals surface area contributed by atoms with E-state index in [1.807, 2.05) is 43.3 Å². The van der Waals surface area contributed by atoms with E-state index in [2.05, 4.69) is 16.4 Å². The molecule has 1 aliphatic rings. The van der Waals surface area contributed by atoms with Crippen LogP contribution in [0.5, 0.6) is 0 Å². The highest BCUT2D eigenvalue weighted by Crippen LogP contribution is 2.23. The fourth-order valence-corrected chi connectivity index (χ4v) is 2.64. The van der Waals surface area contributed by atoms with Crippen LogP contribution in [0, 0.1) is 0 Å². The summed E-state index contributed by atoms with van der Waals surface area (Å²) in [5, 5.41) is 2.90. The largest absolute Gasteiger partial charge is 0.363 e. The predicted octanol–water partition coefficient (Wildman–Crippen LogP) is 2.89. The summed E-state index contributed by atoms with van der Waals surface area (Å²) in [4.78, 5) is 18.5. The minimum Gasteiger partial charge on any atom is -0.363 e. The molecule has 0 fully saturated rings. The van der Waals surface area contributed by atoms with Gasteiger partial charge >= 0.3 is 0 Å². The van der Waals surface area contributed by atoms with Gasteiger partial charge in [-0.2, -0.15) is 0 Å². The summed E-state index contributed by atoms with van der Waals surface area (Å²) >= 11 is 0. The number of amides is 1. The third kappa shape index (κ3) is 2.89. The van der Waals surface area contributed by atoms with E-state index >= 15 is 0 Å². The van der Waals surface area contributed by atoms with Crippen LogP contribution in [0.4, 0.5) is 11.5 Å². The number of fused-ring (bicyclic) bond motifs is 1. The van der Waals surface area contributed by atoms with E-state index in [1.165, 1.54) is 17.5 Å². The van der Waals surface area contributed by atoms with Gasteiger partial charge in [0.05, 0.1) is 11.9 Å². The molecule has 3 rings (SSSR count). The number of benzene rings is 1. The topological polar surface area (TPSA) is 45.2 Å². The van der Waals surface area contributed by atoms with E-state index in [9.17, 15) is 4.79 Å². The normalized spacial score (nSPS) is 12.9. The number of rotatable bonds is 3. The Morgan fingerprint density at radius 1 is 1.14 bits per heavy atom. The van der Waals surface area contributed by atoms with Crippen molar-refractivity contribution in [1.29, 1.82) is 0 Å². The first kappa shape index (κ1) is 13.6. The van der Waals surface area contributed by atoms with Crippen LogP contribution in [0.1, 0.15) is 27.9 Å². The van der Waals surface area contributed by atoms with Crippen LogP contribution in [0.25, 0.3) is 0 Å². The highest BCUT2D eigenvalue weighted by atomic mass is 16.1. The van der Waals surface area contributed by atoms with Crippen molar-refractivity contribution in [3.63, 3.8) is 0 Å². The number of aryl methyl sites for hydroxylation is 2. The molecule has 0 spiro atoms. The standard InChI is InChI=1S/C17H19N3O/c1-20(2)16-9-8-15(11-18-16)19-17(21)14-7-6-12-4-3-5-13(12)10-14/h6-11H,3-5H2,1-2H3,(H,19,21). The fraction of sp³-hybridized carbons (Fsp3) is 0.294. The van der Waals surface area contributed by atoms with Gasteiger partial charge in [0.2, 0.25) is 0 Å². The van der Waals surface area contributed by atoms with Crippen LogP contribution in [0.3, 0.4) is 0 Å². The molecule has 1 aliphatic carbocycles. The van der Waals surface area contributed by atoms with Gasteiger partial charge < -0.3 is 10.2 Å². The highest BCUT2D eigenvalue weighted by molar-refractivity contribution is 6.04. The van der Waals surface area contributed by atoms with Crippen molar-refractivity contribution in [3.8, 4) is 0 Å². The molecular weight excluding hydrogens is 262 g/mol. The first-order chi connectivity index (χ1) is 10.1. The van der Waals surface area contributed by atoms with Crippen molar-refractivity contribution in [3.05, 3.63) is 53.2 Å². The quantitative estimate of drug-likeness (QED) is 0.941. The average molecular weight is 281 g/mol. The molecule has 1 N–H and O–H groups in total. The number of hydrogen-bond donors (Lipinski definition) is 1. The van der Waals surface area contributed by atoms with Gasteiger partial charge in [-0.3, -0.25) is 4.79 Å². The van der Waals surface area contributed by atoms with E-state index < -0.39 is 0 Å². The maximum atomic E-state index is 12.3. The van der Waals surface area contributed by atoms with Crippen LogP contribution < -0.4 is 10.2 Å². The maximum Gasteiger partial charge on any atom is 0.255 e. The molecule has 2 aromatic rings. The fourth-order valence-electron chi connectivity index (χ4n) is 2.64. The Hall–Kier alpha value is -2.36. The molecule has 108 valence electrons. The van der Waals surface area contributed by atoms with E-state index in [0.717, 1.165) is 18.7 Å². The first-order valence-corrected chi connectivity index (χ1v) is 7.20. The number of carbonyl (C=O) groups is 1. The summed E-state index contributed by atoms with van der Waals surface area (Å²) in [6, 6.07) is 9.75. The summed E-state index contributed by atoms with van der Waals surface area (Å²) in [7, 11) is 3.87. The molecular formula is C17H19N3O. The number of pyridine rings is 1. The smallest absolute Gasteiger partial charge is 0.255 e. The second kappa shape index (κ2) is 5.56. The molecule has 0 atom stereocenters. The molecule has 1 aromatic heterocycles. The van der Waals surface area contributed by atoms with Gasteiger partial charge in [-0.25, -0.2) is 4.98 Å². The Kier molecular flexibility index (Phi) is 3.60. The van der Waals surface area contributed by atoms with E-state index in [1.54, 1.807) is 6.20 Å². The zero-order valence-electron chi connectivity index (χ0n) is 12.4. The summed E-state index contributed by atoms with van der Waals surface area (Å²) in [5.74, 6) is 0.787. The van der Waals surface area contributed by atoms with E-state index in [-0.39, 0.29) is 5.91 Å². The van der Waals surface area contributed by atoms with Gasteiger partial charge in [0.1, 0.15) is 5.82 Å². The second-order valence-electron chi connectivity index (χ2n) is 5.59. The summed E-state index contributed by atoms with van der Waals surface area (Å²) in [5.41, 5.74) is 4.12. The molecule has 0 saturated heterocycles. The summed E-state index contributed by atoms with van der Waals surface area (Å²) in [6.07, 6.45) is 5.08. The summed E-state index contributed by atoms with van der Waals surface area (Å²) < 4.78 is 0. The number of hydrogen-bond acceptors (Lipinski definition) is 3. The molecule has 1 aromatic carbocycles. The van der Waals surface area contributed by atoms with Gasteiger partial charge in [0.25, 0.3) is 5.91 Å². The number of aromatic nitrogens is 1.